The van der Waals surface area contributed by atoms with E-state index in [1.54, 1.807) is 31.2 Å². The smallest absolute Gasteiger partial charge is 0.271 e. The maximum Gasteiger partial charge on any atom is 0.271 e. The number of nitro groups is 1. The Balaban J connectivity index is 2.11. The van der Waals surface area contributed by atoms with Gasteiger partial charge in [-0.15, -0.1) is 0 Å². The van der Waals surface area contributed by atoms with E-state index < -0.39 is 33.4 Å². The van der Waals surface area contributed by atoms with E-state index in [4.69, 9.17) is 11.6 Å². The van der Waals surface area contributed by atoms with Gasteiger partial charge in [-0.1, -0.05) is 67.1 Å². The molecule has 0 bridgehead atoms. The van der Waals surface area contributed by atoms with E-state index in [-0.39, 0.29) is 36.3 Å². The fraction of sp³-hybridized carbons (Fsp3) is 0.333. The van der Waals surface area contributed by atoms with Gasteiger partial charge in [0.25, 0.3) is 5.69 Å². The zero-order chi connectivity index (χ0) is 31.0. The summed E-state index contributed by atoms with van der Waals surface area (Å²) in [4.78, 5) is 40.0. The number of non-ortho nitro benzene ring substituents is 1. The summed E-state index contributed by atoms with van der Waals surface area (Å²) in [5.74, 6) is -1.05. The molecular weight excluding hydrogens is 580 g/mol. The highest BCUT2D eigenvalue weighted by Crippen LogP contribution is 2.28. The second-order valence-corrected chi connectivity index (χ2v) is 12.5. The Morgan fingerprint density at radius 1 is 1.02 bits per heavy atom. The molecule has 0 aliphatic rings. The van der Waals surface area contributed by atoms with Crippen molar-refractivity contribution in [3.63, 3.8) is 0 Å². The zero-order valence-electron chi connectivity index (χ0n) is 24.0. The van der Waals surface area contributed by atoms with Gasteiger partial charge in [-0.2, -0.15) is 0 Å². The first-order valence-corrected chi connectivity index (χ1v) is 15.6. The third kappa shape index (κ3) is 8.77. The summed E-state index contributed by atoms with van der Waals surface area (Å²) in [5, 5.41) is 14.9. The number of hydrogen-bond acceptors (Lipinski definition) is 6. The van der Waals surface area contributed by atoms with Crippen LogP contribution in [0.5, 0.6) is 0 Å². The third-order valence-corrected chi connectivity index (χ3v) is 8.23. The minimum Gasteiger partial charge on any atom is -0.352 e. The predicted molar refractivity (Wildman–Crippen MR) is 164 cm³/mol. The van der Waals surface area contributed by atoms with E-state index in [1.165, 1.54) is 17.0 Å². The second-order valence-electron chi connectivity index (χ2n) is 10.2. The van der Waals surface area contributed by atoms with Crippen LogP contribution < -0.4 is 9.62 Å². The average molecular weight is 615 g/mol. The van der Waals surface area contributed by atoms with Gasteiger partial charge in [-0.3, -0.25) is 24.0 Å². The molecule has 3 rings (SSSR count). The van der Waals surface area contributed by atoms with Crippen LogP contribution in [0, 0.1) is 17.0 Å². The molecule has 0 unspecified atom stereocenters. The molecule has 2 atom stereocenters. The van der Waals surface area contributed by atoms with E-state index in [1.807, 2.05) is 44.2 Å². The van der Waals surface area contributed by atoms with E-state index in [0.29, 0.717) is 22.6 Å². The molecule has 0 radical (unpaired) electrons. The summed E-state index contributed by atoms with van der Waals surface area (Å²) in [6.07, 6.45) is 1.76. The lowest BCUT2D eigenvalue weighted by atomic mass is 10.0. The van der Waals surface area contributed by atoms with Gasteiger partial charge in [0.2, 0.25) is 21.8 Å². The minimum atomic E-state index is -4.08. The highest BCUT2D eigenvalue weighted by atomic mass is 35.5. The molecule has 0 fully saturated rings. The third-order valence-electron chi connectivity index (χ3n) is 6.87. The van der Waals surface area contributed by atoms with Crippen LogP contribution in [-0.4, -0.2) is 54.9 Å². The number of nitrogens with one attached hydrogen (secondary N) is 1. The quantitative estimate of drug-likeness (QED) is 0.216. The summed E-state index contributed by atoms with van der Waals surface area (Å²) in [7, 11) is -4.08. The molecule has 0 aromatic heterocycles. The van der Waals surface area contributed by atoms with Gasteiger partial charge < -0.3 is 10.2 Å². The minimum absolute atomic E-state index is 0.00595. The fourth-order valence-electron chi connectivity index (χ4n) is 4.40. The number of halogens is 1. The number of hydrogen-bond donors (Lipinski definition) is 1. The molecule has 10 nitrogen and oxygen atoms in total. The molecular formula is C30H35ClN4O6S. The standard InChI is InChI=1S/C30H35ClN4O6S/c1-5-22(3)32-30(37)28(17-23-10-7-6-8-11-23)33(19-24-12-9-13-25(31)16-24)29(36)20-34(42(4,40)41)27-18-26(35(38)39)15-14-21(27)2/h6-16,18,22,28H,5,17,19-20H2,1-4H3,(H,32,37)/t22-,28-/m0/s1. The number of nitro benzene ring substituents is 1. The van der Waals surface area contributed by atoms with Crippen molar-refractivity contribution in [2.75, 3.05) is 17.1 Å². The summed E-state index contributed by atoms with van der Waals surface area (Å²) < 4.78 is 26.8. The molecule has 12 heteroatoms. The number of carbonyl (C=O) groups is 2. The monoisotopic (exact) mass is 614 g/mol. The Morgan fingerprint density at radius 2 is 1.69 bits per heavy atom. The van der Waals surface area contributed by atoms with Gasteiger partial charge in [-0.25, -0.2) is 8.42 Å². The van der Waals surface area contributed by atoms with Crippen molar-refractivity contribution in [3.05, 3.63) is 105 Å². The van der Waals surface area contributed by atoms with Gasteiger partial charge in [0.05, 0.1) is 16.9 Å². The number of aryl methyl sites for hydroxylation is 1. The van der Waals surface area contributed by atoms with Crippen LogP contribution in [0.4, 0.5) is 11.4 Å². The first-order valence-electron chi connectivity index (χ1n) is 13.4. The van der Waals surface area contributed by atoms with Crippen molar-refractivity contribution in [3.8, 4) is 0 Å². The first kappa shape index (κ1) is 32.6. The highest BCUT2D eigenvalue weighted by Gasteiger charge is 2.34. The van der Waals surface area contributed by atoms with Crippen molar-refractivity contribution < 1.29 is 22.9 Å². The van der Waals surface area contributed by atoms with Crippen LogP contribution in [0.3, 0.4) is 0 Å². The maximum atomic E-state index is 14.2. The summed E-state index contributed by atoms with van der Waals surface area (Å²) in [5.41, 5.74) is 1.56. The Morgan fingerprint density at radius 3 is 2.29 bits per heavy atom. The van der Waals surface area contributed by atoms with E-state index in [9.17, 15) is 28.1 Å². The Kier molecular flexibility index (Phi) is 11.1. The molecule has 3 aromatic carbocycles. The number of sulfonamides is 1. The van der Waals surface area contributed by atoms with Gasteiger partial charge in [-0.05, 0) is 49.1 Å². The predicted octanol–water partition coefficient (Wildman–Crippen LogP) is 4.88. The van der Waals surface area contributed by atoms with Gasteiger partial charge in [0.15, 0.2) is 0 Å². The lowest BCUT2D eigenvalue weighted by Gasteiger charge is -2.34. The number of carbonyl (C=O) groups excluding carboxylic acids is 2. The molecule has 1 N–H and O–H groups in total. The van der Waals surface area contributed by atoms with Crippen molar-refractivity contribution in [2.45, 2.75) is 52.2 Å². The molecule has 42 heavy (non-hydrogen) atoms. The van der Waals surface area contributed by atoms with Crippen LogP contribution in [0.15, 0.2) is 72.8 Å². The SMILES string of the molecule is CC[C@H](C)NC(=O)[C@H](Cc1ccccc1)N(Cc1cccc(Cl)c1)C(=O)CN(c1cc([N+](=O)[O-])ccc1C)S(C)(=O)=O. The Labute approximate surface area is 251 Å². The van der Waals surface area contributed by atoms with Crippen molar-refractivity contribution in [1.29, 1.82) is 0 Å². The van der Waals surface area contributed by atoms with Gasteiger partial charge in [0.1, 0.15) is 12.6 Å². The van der Waals surface area contributed by atoms with Gasteiger partial charge >= 0.3 is 0 Å². The second kappa shape index (κ2) is 14.3. The van der Waals surface area contributed by atoms with E-state index in [2.05, 4.69) is 5.32 Å². The van der Waals surface area contributed by atoms with Crippen LogP contribution in [0.2, 0.25) is 5.02 Å². The molecule has 0 aliphatic heterocycles. The number of amides is 2. The Hall–Kier alpha value is -3.96. The molecule has 0 spiro atoms. The molecule has 3 aromatic rings. The normalized spacial score (nSPS) is 12.7. The van der Waals surface area contributed by atoms with Crippen LogP contribution >= 0.6 is 11.6 Å². The first-order chi connectivity index (χ1) is 19.8. The number of anilines is 1. The van der Waals surface area contributed by atoms with Crippen molar-refractivity contribution in [1.82, 2.24) is 10.2 Å². The van der Waals surface area contributed by atoms with Crippen LogP contribution in [-0.2, 0) is 32.6 Å². The molecule has 0 heterocycles. The lowest BCUT2D eigenvalue weighted by Crippen LogP contribution is -2.54. The highest BCUT2D eigenvalue weighted by molar-refractivity contribution is 7.92. The number of rotatable bonds is 13. The summed E-state index contributed by atoms with van der Waals surface area (Å²) in [6, 6.07) is 18.7. The fourth-order valence-corrected chi connectivity index (χ4v) is 5.51. The molecule has 0 saturated heterocycles. The van der Waals surface area contributed by atoms with Gasteiger partial charge in [0, 0.05) is 36.2 Å². The largest absolute Gasteiger partial charge is 0.352 e. The molecule has 2 amide bonds. The zero-order valence-corrected chi connectivity index (χ0v) is 25.6. The topological polar surface area (TPSA) is 130 Å². The Bertz CT molecular complexity index is 1530. The van der Waals surface area contributed by atoms with Crippen molar-refractivity contribution in [2.24, 2.45) is 0 Å². The number of nitrogens with zero attached hydrogens (tertiary/aromatic N) is 3. The van der Waals surface area contributed by atoms with E-state index >= 15 is 0 Å². The van der Waals surface area contributed by atoms with Crippen LogP contribution in [0.1, 0.15) is 37.0 Å². The van der Waals surface area contributed by atoms with E-state index in [0.717, 1.165) is 22.2 Å². The lowest BCUT2D eigenvalue weighted by molar-refractivity contribution is -0.384. The number of benzene rings is 3. The average Bonchev–Trinajstić information content (AvgIpc) is 2.93. The molecule has 224 valence electrons. The summed E-state index contributed by atoms with van der Waals surface area (Å²) in [6.45, 7) is 4.68. The summed E-state index contributed by atoms with van der Waals surface area (Å²) >= 11 is 6.22. The maximum absolute atomic E-state index is 14.2. The van der Waals surface area contributed by atoms with Crippen molar-refractivity contribution >= 4 is 44.8 Å². The van der Waals surface area contributed by atoms with Crippen LogP contribution in [0.25, 0.3) is 0 Å². The molecule has 0 aliphatic carbocycles. The molecule has 0 saturated carbocycles.